The summed E-state index contributed by atoms with van der Waals surface area (Å²) in [6.07, 6.45) is 0. The van der Waals surface area contributed by atoms with E-state index in [-0.39, 0.29) is 16.8 Å². The zero-order chi connectivity index (χ0) is 14.0. The van der Waals surface area contributed by atoms with Crippen LogP contribution in [0, 0.1) is 5.82 Å². The molecule has 1 aromatic rings. The van der Waals surface area contributed by atoms with Gasteiger partial charge in [0, 0.05) is 38.7 Å². The SMILES string of the molecule is CC(=O)N1CCN(C(=O)c2ccc(F)c(Cl)c2)CC1. The van der Waals surface area contributed by atoms with E-state index in [4.69, 9.17) is 11.6 Å². The summed E-state index contributed by atoms with van der Waals surface area (Å²) in [6, 6.07) is 3.93. The molecule has 0 radical (unpaired) electrons. The molecule has 1 heterocycles. The van der Waals surface area contributed by atoms with Gasteiger partial charge in [0.1, 0.15) is 5.82 Å². The van der Waals surface area contributed by atoms with E-state index < -0.39 is 5.82 Å². The van der Waals surface area contributed by atoms with Crippen molar-refractivity contribution in [2.75, 3.05) is 26.2 Å². The zero-order valence-electron chi connectivity index (χ0n) is 10.5. The van der Waals surface area contributed by atoms with Crippen molar-refractivity contribution in [3.63, 3.8) is 0 Å². The lowest BCUT2D eigenvalue weighted by atomic mass is 10.1. The highest BCUT2D eigenvalue weighted by molar-refractivity contribution is 6.31. The van der Waals surface area contributed by atoms with Crippen LogP contribution in [0.4, 0.5) is 4.39 Å². The molecule has 0 spiro atoms. The first-order valence-corrected chi connectivity index (χ1v) is 6.36. The molecular formula is C13H14ClFN2O2. The van der Waals surface area contributed by atoms with Crippen molar-refractivity contribution < 1.29 is 14.0 Å². The number of hydrogen-bond donors (Lipinski definition) is 0. The van der Waals surface area contributed by atoms with Crippen LogP contribution in [0.15, 0.2) is 18.2 Å². The van der Waals surface area contributed by atoms with E-state index in [2.05, 4.69) is 0 Å². The van der Waals surface area contributed by atoms with Crippen molar-refractivity contribution in [3.05, 3.63) is 34.6 Å². The molecule has 0 unspecified atom stereocenters. The quantitative estimate of drug-likeness (QED) is 0.789. The molecule has 0 aliphatic carbocycles. The fourth-order valence-corrected chi connectivity index (χ4v) is 2.22. The van der Waals surface area contributed by atoms with Gasteiger partial charge in [-0.15, -0.1) is 0 Å². The first kappa shape index (κ1) is 13.8. The minimum atomic E-state index is -0.542. The molecule has 0 aromatic heterocycles. The Balaban J connectivity index is 2.05. The highest BCUT2D eigenvalue weighted by atomic mass is 35.5. The molecule has 1 aliphatic heterocycles. The van der Waals surface area contributed by atoms with Gasteiger partial charge in [0.2, 0.25) is 5.91 Å². The van der Waals surface area contributed by atoms with Crippen LogP contribution in [0.1, 0.15) is 17.3 Å². The van der Waals surface area contributed by atoms with Crippen molar-refractivity contribution in [3.8, 4) is 0 Å². The number of amides is 2. The smallest absolute Gasteiger partial charge is 0.254 e. The van der Waals surface area contributed by atoms with Crippen molar-refractivity contribution in [2.24, 2.45) is 0 Å². The first-order chi connectivity index (χ1) is 8.99. The summed E-state index contributed by atoms with van der Waals surface area (Å²) >= 11 is 5.66. The first-order valence-electron chi connectivity index (χ1n) is 5.99. The number of piperazine rings is 1. The number of nitrogens with zero attached hydrogens (tertiary/aromatic N) is 2. The molecule has 1 aliphatic rings. The second-order valence-corrected chi connectivity index (χ2v) is 4.83. The molecule has 4 nitrogen and oxygen atoms in total. The molecule has 0 atom stereocenters. The number of carbonyl (C=O) groups is 2. The van der Waals surface area contributed by atoms with E-state index in [1.165, 1.54) is 25.1 Å². The topological polar surface area (TPSA) is 40.6 Å². The number of hydrogen-bond acceptors (Lipinski definition) is 2. The number of carbonyl (C=O) groups excluding carboxylic acids is 2. The standard InChI is InChI=1S/C13H14ClFN2O2/c1-9(18)16-4-6-17(7-5-16)13(19)10-2-3-12(15)11(14)8-10/h2-3,8H,4-7H2,1H3. The fourth-order valence-electron chi connectivity index (χ4n) is 2.04. The second kappa shape index (κ2) is 5.57. The Hall–Kier alpha value is -1.62. The molecule has 1 fully saturated rings. The average Bonchev–Trinajstić information content (AvgIpc) is 2.41. The monoisotopic (exact) mass is 284 g/mol. The predicted octanol–water partition coefficient (Wildman–Crippen LogP) is 1.78. The third kappa shape index (κ3) is 3.04. The van der Waals surface area contributed by atoms with Crippen molar-refractivity contribution in [2.45, 2.75) is 6.92 Å². The lowest BCUT2D eigenvalue weighted by Gasteiger charge is -2.34. The van der Waals surface area contributed by atoms with E-state index in [9.17, 15) is 14.0 Å². The van der Waals surface area contributed by atoms with E-state index in [0.717, 1.165) is 0 Å². The number of halogens is 2. The highest BCUT2D eigenvalue weighted by Crippen LogP contribution is 2.18. The summed E-state index contributed by atoms with van der Waals surface area (Å²) in [5.74, 6) is -0.721. The van der Waals surface area contributed by atoms with E-state index in [0.29, 0.717) is 31.7 Å². The van der Waals surface area contributed by atoms with Gasteiger partial charge in [-0.05, 0) is 18.2 Å². The molecule has 2 amide bonds. The van der Waals surface area contributed by atoms with Crippen LogP contribution in [0.2, 0.25) is 5.02 Å². The summed E-state index contributed by atoms with van der Waals surface area (Å²) in [5.41, 5.74) is 0.364. The van der Waals surface area contributed by atoms with Crippen LogP contribution < -0.4 is 0 Å². The van der Waals surface area contributed by atoms with Crippen LogP contribution in [-0.4, -0.2) is 47.8 Å². The van der Waals surface area contributed by atoms with Crippen molar-refractivity contribution in [1.29, 1.82) is 0 Å². The van der Waals surface area contributed by atoms with Gasteiger partial charge < -0.3 is 9.80 Å². The van der Waals surface area contributed by atoms with E-state index in [1.807, 2.05) is 0 Å². The average molecular weight is 285 g/mol. The molecule has 2 rings (SSSR count). The Morgan fingerprint density at radius 1 is 1.16 bits per heavy atom. The van der Waals surface area contributed by atoms with Gasteiger partial charge in [0.05, 0.1) is 5.02 Å². The highest BCUT2D eigenvalue weighted by Gasteiger charge is 2.23. The zero-order valence-corrected chi connectivity index (χ0v) is 11.3. The van der Waals surface area contributed by atoms with Gasteiger partial charge in [-0.2, -0.15) is 0 Å². The van der Waals surface area contributed by atoms with Crippen LogP contribution in [0.3, 0.4) is 0 Å². The minimum absolute atomic E-state index is 0.0110. The Bertz CT molecular complexity index is 513. The van der Waals surface area contributed by atoms with Gasteiger partial charge in [-0.25, -0.2) is 4.39 Å². The Labute approximate surface area is 115 Å². The Morgan fingerprint density at radius 2 is 1.74 bits per heavy atom. The Kier molecular flexibility index (Phi) is 4.04. The molecule has 102 valence electrons. The Morgan fingerprint density at radius 3 is 2.26 bits per heavy atom. The van der Waals surface area contributed by atoms with Crippen molar-refractivity contribution in [1.82, 2.24) is 9.80 Å². The molecule has 1 saturated heterocycles. The van der Waals surface area contributed by atoms with Crippen LogP contribution in [0.5, 0.6) is 0 Å². The van der Waals surface area contributed by atoms with E-state index in [1.54, 1.807) is 9.80 Å². The van der Waals surface area contributed by atoms with Gasteiger partial charge in [0.15, 0.2) is 0 Å². The van der Waals surface area contributed by atoms with Gasteiger partial charge in [0.25, 0.3) is 5.91 Å². The number of benzene rings is 1. The summed E-state index contributed by atoms with van der Waals surface area (Å²) < 4.78 is 13.0. The second-order valence-electron chi connectivity index (χ2n) is 4.43. The summed E-state index contributed by atoms with van der Waals surface area (Å²) in [7, 11) is 0. The molecule has 0 bridgehead atoms. The van der Waals surface area contributed by atoms with E-state index >= 15 is 0 Å². The van der Waals surface area contributed by atoms with Gasteiger partial charge in [-0.1, -0.05) is 11.6 Å². The molecule has 19 heavy (non-hydrogen) atoms. The summed E-state index contributed by atoms with van der Waals surface area (Å²) in [6.45, 7) is 3.52. The summed E-state index contributed by atoms with van der Waals surface area (Å²) in [4.78, 5) is 26.7. The van der Waals surface area contributed by atoms with Gasteiger partial charge in [-0.3, -0.25) is 9.59 Å². The maximum absolute atomic E-state index is 13.0. The lowest BCUT2D eigenvalue weighted by Crippen LogP contribution is -2.50. The molecule has 0 saturated carbocycles. The summed E-state index contributed by atoms with van der Waals surface area (Å²) in [5, 5.41) is -0.0618. The molecule has 6 heteroatoms. The molecule has 0 N–H and O–H groups in total. The predicted molar refractivity (Wildman–Crippen MR) is 69.6 cm³/mol. The maximum Gasteiger partial charge on any atom is 0.254 e. The fraction of sp³-hybridized carbons (Fsp3) is 0.385. The lowest BCUT2D eigenvalue weighted by molar-refractivity contribution is -0.130. The maximum atomic E-state index is 13.0. The van der Waals surface area contributed by atoms with Crippen LogP contribution >= 0.6 is 11.6 Å². The van der Waals surface area contributed by atoms with Crippen LogP contribution in [0.25, 0.3) is 0 Å². The normalized spacial score (nSPS) is 15.5. The third-order valence-corrected chi connectivity index (χ3v) is 3.47. The third-order valence-electron chi connectivity index (χ3n) is 3.18. The largest absolute Gasteiger partial charge is 0.339 e. The minimum Gasteiger partial charge on any atom is -0.339 e. The van der Waals surface area contributed by atoms with Crippen LogP contribution in [-0.2, 0) is 4.79 Å². The van der Waals surface area contributed by atoms with Gasteiger partial charge >= 0.3 is 0 Å². The van der Waals surface area contributed by atoms with Crippen molar-refractivity contribution >= 4 is 23.4 Å². The number of rotatable bonds is 1. The molecular weight excluding hydrogens is 271 g/mol. The molecule has 1 aromatic carbocycles.